The Labute approximate surface area is 120 Å². The van der Waals surface area contributed by atoms with Gasteiger partial charge < -0.3 is 14.6 Å². The highest BCUT2D eigenvalue weighted by Gasteiger charge is 2.23. The first-order valence-corrected chi connectivity index (χ1v) is 7.03. The zero-order chi connectivity index (χ0) is 14.4. The second-order valence-corrected chi connectivity index (χ2v) is 4.89. The summed E-state index contributed by atoms with van der Waals surface area (Å²) in [4.78, 5) is 4.42. The van der Waals surface area contributed by atoms with E-state index in [1.54, 1.807) is 7.11 Å². The predicted molar refractivity (Wildman–Crippen MR) is 80.6 cm³/mol. The van der Waals surface area contributed by atoms with Crippen LogP contribution in [0, 0.1) is 0 Å². The number of imidazole rings is 1. The van der Waals surface area contributed by atoms with E-state index < -0.39 is 0 Å². The SMILES string of the molecule is CCNC(Cc1nccn1C)C(OC)c1ccccc1. The molecular formula is C16H23N3O. The van der Waals surface area contributed by atoms with E-state index in [2.05, 4.69) is 33.9 Å². The third kappa shape index (κ3) is 3.46. The van der Waals surface area contributed by atoms with Crippen molar-refractivity contribution in [1.82, 2.24) is 14.9 Å². The number of rotatable bonds is 7. The fraction of sp³-hybridized carbons (Fsp3) is 0.438. The molecule has 0 radical (unpaired) electrons. The number of nitrogens with zero attached hydrogens (tertiary/aromatic N) is 2. The van der Waals surface area contributed by atoms with E-state index in [1.165, 1.54) is 5.56 Å². The monoisotopic (exact) mass is 273 g/mol. The summed E-state index contributed by atoms with van der Waals surface area (Å²) < 4.78 is 7.80. The summed E-state index contributed by atoms with van der Waals surface area (Å²) in [6.07, 6.45) is 4.67. The molecule has 0 aliphatic heterocycles. The van der Waals surface area contributed by atoms with Crippen LogP contribution < -0.4 is 5.32 Å². The molecule has 4 nitrogen and oxygen atoms in total. The second-order valence-electron chi connectivity index (χ2n) is 4.89. The minimum atomic E-state index is 0.0212. The predicted octanol–water partition coefficient (Wildman–Crippen LogP) is 2.33. The molecule has 4 heteroatoms. The summed E-state index contributed by atoms with van der Waals surface area (Å²) in [6.45, 7) is 3.02. The van der Waals surface area contributed by atoms with E-state index in [0.29, 0.717) is 0 Å². The molecule has 0 fully saturated rings. The summed E-state index contributed by atoms with van der Waals surface area (Å²) in [7, 11) is 3.79. The molecule has 2 unspecified atom stereocenters. The van der Waals surface area contributed by atoms with Gasteiger partial charge in [0.25, 0.3) is 0 Å². The number of methoxy groups -OCH3 is 1. The number of hydrogen-bond acceptors (Lipinski definition) is 3. The molecule has 0 spiro atoms. The summed E-state index contributed by atoms with van der Waals surface area (Å²) >= 11 is 0. The summed E-state index contributed by atoms with van der Waals surface area (Å²) in [5.74, 6) is 1.06. The van der Waals surface area contributed by atoms with Crippen LogP contribution in [0.25, 0.3) is 0 Å². The lowest BCUT2D eigenvalue weighted by atomic mass is 9.99. The van der Waals surface area contributed by atoms with Gasteiger partial charge in [-0.25, -0.2) is 4.98 Å². The van der Waals surface area contributed by atoms with Gasteiger partial charge in [0.1, 0.15) is 5.82 Å². The molecule has 0 bridgehead atoms. The summed E-state index contributed by atoms with van der Waals surface area (Å²) in [6, 6.07) is 10.5. The first kappa shape index (κ1) is 14.8. The van der Waals surface area contributed by atoms with Gasteiger partial charge in [0.2, 0.25) is 0 Å². The van der Waals surface area contributed by atoms with E-state index in [1.807, 2.05) is 37.6 Å². The maximum Gasteiger partial charge on any atom is 0.110 e. The fourth-order valence-corrected chi connectivity index (χ4v) is 2.51. The Bertz CT molecular complexity index is 509. The first-order valence-electron chi connectivity index (χ1n) is 7.03. The molecule has 1 N–H and O–H groups in total. The van der Waals surface area contributed by atoms with Gasteiger partial charge in [0.05, 0.1) is 6.10 Å². The molecule has 0 saturated heterocycles. The van der Waals surface area contributed by atoms with Crippen molar-refractivity contribution < 1.29 is 4.74 Å². The molecule has 2 rings (SSSR count). The minimum Gasteiger partial charge on any atom is -0.375 e. The molecule has 0 aliphatic rings. The Morgan fingerprint density at radius 1 is 1.30 bits per heavy atom. The largest absolute Gasteiger partial charge is 0.375 e. The van der Waals surface area contributed by atoms with Gasteiger partial charge >= 0.3 is 0 Å². The number of benzene rings is 1. The van der Waals surface area contributed by atoms with E-state index in [9.17, 15) is 0 Å². The molecule has 0 amide bonds. The minimum absolute atomic E-state index is 0.0212. The van der Waals surface area contributed by atoms with Gasteiger partial charge in [-0.05, 0) is 12.1 Å². The van der Waals surface area contributed by atoms with Crippen LogP contribution in [0.2, 0.25) is 0 Å². The Balaban J connectivity index is 2.20. The normalized spacial score (nSPS) is 14.2. The van der Waals surface area contributed by atoms with Gasteiger partial charge in [-0.3, -0.25) is 0 Å². The van der Waals surface area contributed by atoms with Gasteiger partial charge in [0.15, 0.2) is 0 Å². The zero-order valence-corrected chi connectivity index (χ0v) is 12.4. The fourth-order valence-electron chi connectivity index (χ4n) is 2.51. The highest BCUT2D eigenvalue weighted by Crippen LogP contribution is 2.22. The van der Waals surface area contributed by atoms with Crippen molar-refractivity contribution in [2.45, 2.75) is 25.5 Å². The van der Waals surface area contributed by atoms with Crippen molar-refractivity contribution in [2.24, 2.45) is 7.05 Å². The van der Waals surface area contributed by atoms with Crippen molar-refractivity contribution in [3.8, 4) is 0 Å². The number of aromatic nitrogens is 2. The van der Waals surface area contributed by atoms with Crippen LogP contribution in [0.1, 0.15) is 24.4 Å². The van der Waals surface area contributed by atoms with Crippen LogP contribution in [0.3, 0.4) is 0 Å². The average molecular weight is 273 g/mol. The number of ether oxygens (including phenoxy) is 1. The van der Waals surface area contributed by atoms with Crippen LogP contribution in [0.4, 0.5) is 0 Å². The molecule has 2 aromatic rings. The lowest BCUT2D eigenvalue weighted by Crippen LogP contribution is -2.38. The molecule has 108 valence electrons. The van der Waals surface area contributed by atoms with Crippen molar-refractivity contribution in [2.75, 3.05) is 13.7 Å². The zero-order valence-electron chi connectivity index (χ0n) is 12.4. The highest BCUT2D eigenvalue weighted by atomic mass is 16.5. The van der Waals surface area contributed by atoms with Gasteiger partial charge in [-0.2, -0.15) is 0 Å². The maximum atomic E-state index is 5.74. The Hall–Kier alpha value is -1.65. The lowest BCUT2D eigenvalue weighted by molar-refractivity contribution is 0.0675. The summed E-state index contributed by atoms with van der Waals surface area (Å²) in [5.41, 5.74) is 1.19. The van der Waals surface area contributed by atoms with E-state index >= 15 is 0 Å². The number of likely N-dealkylation sites (N-methyl/N-ethyl adjacent to an activating group) is 1. The Morgan fingerprint density at radius 2 is 2.05 bits per heavy atom. The van der Waals surface area contributed by atoms with Crippen LogP contribution >= 0.6 is 0 Å². The molecule has 0 aliphatic carbocycles. The number of nitrogens with one attached hydrogen (secondary N) is 1. The van der Waals surface area contributed by atoms with Crippen LogP contribution in [0.5, 0.6) is 0 Å². The molecule has 20 heavy (non-hydrogen) atoms. The molecule has 2 atom stereocenters. The number of aryl methyl sites for hydroxylation is 1. The first-order chi connectivity index (χ1) is 9.76. The quantitative estimate of drug-likeness (QED) is 0.841. The smallest absolute Gasteiger partial charge is 0.110 e. The van der Waals surface area contributed by atoms with Gasteiger partial charge in [0, 0.05) is 39.0 Å². The van der Waals surface area contributed by atoms with Gasteiger partial charge in [-0.15, -0.1) is 0 Å². The number of hydrogen-bond donors (Lipinski definition) is 1. The highest BCUT2D eigenvalue weighted by molar-refractivity contribution is 5.20. The summed E-state index contributed by atoms with van der Waals surface area (Å²) in [5, 5.41) is 3.52. The van der Waals surface area contributed by atoms with Crippen molar-refractivity contribution in [3.63, 3.8) is 0 Å². The third-order valence-electron chi connectivity index (χ3n) is 3.54. The topological polar surface area (TPSA) is 39.1 Å². The molecule has 1 heterocycles. The third-order valence-corrected chi connectivity index (χ3v) is 3.54. The lowest BCUT2D eigenvalue weighted by Gasteiger charge is -2.27. The average Bonchev–Trinajstić information content (AvgIpc) is 2.86. The van der Waals surface area contributed by atoms with E-state index in [4.69, 9.17) is 4.74 Å². The molecule has 0 saturated carbocycles. The van der Waals surface area contributed by atoms with E-state index in [-0.39, 0.29) is 12.1 Å². The van der Waals surface area contributed by atoms with Crippen LogP contribution in [-0.2, 0) is 18.2 Å². The molecule has 1 aromatic heterocycles. The van der Waals surface area contributed by atoms with Crippen LogP contribution in [0.15, 0.2) is 42.7 Å². The molecular weight excluding hydrogens is 250 g/mol. The van der Waals surface area contributed by atoms with Crippen molar-refractivity contribution in [3.05, 3.63) is 54.1 Å². The van der Waals surface area contributed by atoms with Crippen molar-refractivity contribution in [1.29, 1.82) is 0 Å². The van der Waals surface area contributed by atoms with E-state index in [0.717, 1.165) is 18.8 Å². The van der Waals surface area contributed by atoms with Crippen LogP contribution in [-0.4, -0.2) is 29.2 Å². The Morgan fingerprint density at radius 3 is 2.60 bits per heavy atom. The standard InChI is InChI=1S/C16H23N3O/c1-4-17-14(12-15-18-10-11-19(15)2)16(20-3)13-8-6-5-7-9-13/h5-11,14,16-17H,4,12H2,1-3H3. The Kier molecular flexibility index (Phi) is 5.32. The van der Waals surface area contributed by atoms with Crippen molar-refractivity contribution >= 4 is 0 Å². The van der Waals surface area contributed by atoms with Gasteiger partial charge in [-0.1, -0.05) is 37.3 Å². The maximum absolute atomic E-state index is 5.74. The second kappa shape index (κ2) is 7.22. The molecule has 1 aromatic carbocycles.